The highest BCUT2D eigenvalue weighted by atomic mass is 16.3. The molecule has 0 aromatic rings. The van der Waals surface area contributed by atoms with Crippen molar-refractivity contribution in [3.8, 4) is 0 Å². The first-order chi connectivity index (χ1) is 5.29. The largest absolute Gasteiger partial charge is 0.396 e. The summed E-state index contributed by atoms with van der Waals surface area (Å²) in [5.74, 6) is 0.280. The SMILES string of the molecule is CN1CCCC1C(CN)CO. The minimum absolute atomic E-state index is 0.228. The third kappa shape index (κ3) is 1.92. The Hall–Kier alpha value is -0.120. The molecule has 2 atom stereocenters. The van der Waals surface area contributed by atoms with Gasteiger partial charge >= 0.3 is 0 Å². The van der Waals surface area contributed by atoms with Crippen LogP contribution in [0.15, 0.2) is 0 Å². The Kier molecular flexibility index (Phi) is 3.30. The highest BCUT2D eigenvalue weighted by molar-refractivity contribution is 4.82. The van der Waals surface area contributed by atoms with E-state index in [1.54, 1.807) is 0 Å². The van der Waals surface area contributed by atoms with Gasteiger partial charge in [-0.2, -0.15) is 0 Å². The Morgan fingerprint density at radius 1 is 1.73 bits per heavy atom. The van der Waals surface area contributed by atoms with Crippen molar-refractivity contribution in [3.05, 3.63) is 0 Å². The van der Waals surface area contributed by atoms with Crippen LogP contribution in [0.3, 0.4) is 0 Å². The molecule has 1 rings (SSSR count). The first-order valence-electron chi connectivity index (χ1n) is 4.30. The van der Waals surface area contributed by atoms with E-state index in [4.69, 9.17) is 10.8 Å². The van der Waals surface area contributed by atoms with Crippen molar-refractivity contribution in [2.24, 2.45) is 11.7 Å². The first kappa shape index (κ1) is 8.97. The van der Waals surface area contributed by atoms with E-state index >= 15 is 0 Å². The van der Waals surface area contributed by atoms with Crippen molar-refractivity contribution in [2.45, 2.75) is 18.9 Å². The monoisotopic (exact) mass is 158 g/mol. The van der Waals surface area contributed by atoms with Gasteiger partial charge in [-0.05, 0) is 33.0 Å². The molecule has 0 saturated carbocycles. The van der Waals surface area contributed by atoms with E-state index in [2.05, 4.69) is 11.9 Å². The van der Waals surface area contributed by atoms with E-state index in [0.29, 0.717) is 12.6 Å². The molecule has 11 heavy (non-hydrogen) atoms. The summed E-state index contributed by atoms with van der Waals surface area (Å²) in [6, 6.07) is 0.519. The van der Waals surface area contributed by atoms with E-state index in [1.807, 2.05) is 0 Å². The van der Waals surface area contributed by atoms with Crippen molar-refractivity contribution in [1.29, 1.82) is 0 Å². The van der Waals surface area contributed by atoms with Crippen molar-refractivity contribution < 1.29 is 5.11 Å². The molecule has 1 aliphatic rings. The minimum atomic E-state index is 0.228. The average molecular weight is 158 g/mol. The number of aliphatic hydroxyl groups excluding tert-OH is 1. The molecule has 1 heterocycles. The average Bonchev–Trinajstić information content (AvgIpc) is 2.40. The fourth-order valence-electron chi connectivity index (χ4n) is 1.88. The van der Waals surface area contributed by atoms with Gasteiger partial charge in [0.25, 0.3) is 0 Å². The van der Waals surface area contributed by atoms with Gasteiger partial charge in [-0.15, -0.1) is 0 Å². The molecule has 0 aliphatic carbocycles. The molecule has 0 radical (unpaired) electrons. The molecule has 1 saturated heterocycles. The maximum absolute atomic E-state index is 9.00. The van der Waals surface area contributed by atoms with Gasteiger partial charge in [-0.1, -0.05) is 0 Å². The summed E-state index contributed by atoms with van der Waals surface area (Å²) in [7, 11) is 2.11. The van der Waals surface area contributed by atoms with Crippen LogP contribution in [-0.4, -0.2) is 42.8 Å². The van der Waals surface area contributed by atoms with Gasteiger partial charge in [0.05, 0.1) is 0 Å². The van der Waals surface area contributed by atoms with Crippen molar-refractivity contribution in [3.63, 3.8) is 0 Å². The zero-order valence-electron chi connectivity index (χ0n) is 7.16. The lowest BCUT2D eigenvalue weighted by molar-refractivity contribution is 0.149. The molecular formula is C8H18N2O. The summed E-state index contributed by atoms with van der Waals surface area (Å²) < 4.78 is 0. The van der Waals surface area contributed by atoms with Gasteiger partial charge in [0, 0.05) is 18.6 Å². The molecule has 1 aliphatic heterocycles. The lowest BCUT2D eigenvalue weighted by Gasteiger charge is -2.26. The van der Waals surface area contributed by atoms with Gasteiger partial charge in [0.2, 0.25) is 0 Å². The lowest BCUT2D eigenvalue weighted by Crippen LogP contribution is -2.38. The van der Waals surface area contributed by atoms with E-state index < -0.39 is 0 Å². The maximum atomic E-state index is 9.00. The lowest BCUT2D eigenvalue weighted by atomic mass is 9.99. The summed E-state index contributed by atoms with van der Waals surface area (Å²) in [6.07, 6.45) is 2.44. The standard InChI is InChI=1S/C8H18N2O/c1-10-4-2-3-8(10)7(5-9)6-11/h7-8,11H,2-6,9H2,1H3. The summed E-state index contributed by atoms with van der Waals surface area (Å²) in [4.78, 5) is 2.30. The Morgan fingerprint density at radius 3 is 2.82 bits per heavy atom. The van der Waals surface area contributed by atoms with Crippen molar-refractivity contribution >= 4 is 0 Å². The fourth-order valence-corrected chi connectivity index (χ4v) is 1.88. The number of hydrogen-bond donors (Lipinski definition) is 2. The first-order valence-corrected chi connectivity index (χ1v) is 4.30. The van der Waals surface area contributed by atoms with E-state index in [9.17, 15) is 0 Å². The van der Waals surface area contributed by atoms with Crippen LogP contribution in [0.1, 0.15) is 12.8 Å². The normalized spacial score (nSPS) is 29.2. The zero-order valence-corrected chi connectivity index (χ0v) is 7.16. The second-order valence-electron chi connectivity index (χ2n) is 3.37. The van der Waals surface area contributed by atoms with Crippen LogP contribution >= 0.6 is 0 Å². The van der Waals surface area contributed by atoms with Gasteiger partial charge in [-0.3, -0.25) is 0 Å². The fraction of sp³-hybridized carbons (Fsp3) is 1.00. The second kappa shape index (κ2) is 4.04. The Bertz CT molecular complexity index is 115. The van der Waals surface area contributed by atoms with Crippen LogP contribution in [0.4, 0.5) is 0 Å². The van der Waals surface area contributed by atoms with Crippen LogP contribution in [0.2, 0.25) is 0 Å². The van der Waals surface area contributed by atoms with Gasteiger partial charge < -0.3 is 15.7 Å². The summed E-state index contributed by atoms with van der Waals surface area (Å²) in [5, 5.41) is 9.00. The van der Waals surface area contributed by atoms with Gasteiger partial charge in [0.1, 0.15) is 0 Å². The second-order valence-corrected chi connectivity index (χ2v) is 3.37. The smallest absolute Gasteiger partial charge is 0.0486 e. The number of nitrogens with zero attached hydrogens (tertiary/aromatic N) is 1. The number of hydrogen-bond acceptors (Lipinski definition) is 3. The highest BCUT2D eigenvalue weighted by Gasteiger charge is 2.27. The third-order valence-corrected chi connectivity index (χ3v) is 2.66. The quantitative estimate of drug-likeness (QED) is 0.590. The number of aliphatic hydroxyl groups is 1. The molecule has 2 unspecified atom stereocenters. The molecule has 3 heteroatoms. The Balaban J connectivity index is 2.43. The molecular weight excluding hydrogens is 140 g/mol. The topological polar surface area (TPSA) is 49.5 Å². The molecule has 66 valence electrons. The van der Waals surface area contributed by atoms with E-state index in [-0.39, 0.29) is 12.5 Å². The molecule has 1 fully saturated rings. The Labute approximate surface area is 68.2 Å². The van der Waals surface area contributed by atoms with Crippen molar-refractivity contribution in [2.75, 3.05) is 26.7 Å². The Morgan fingerprint density at radius 2 is 2.45 bits per heavy atom. The number of rotatable bonds is 3. The van der Waals surface area contributed by atoms with Crippen LogP contribution in [-0.2, 0) is 0 Å². The molecule has 0 aromatic heterocycles. The molecule has 0 aromatic carbocycles. The van der Waals surface area contributed by atoms with Gasteiger partial charge in [-0.25, -0.2) is 0 Å². The molecule has 3 nitrogen and oxygen atoms in total. The van der Waals surface area contributed by atoms with Crippen LogP contribution in [0.25, 0.3) is 0 Å². The predicted octanol–water partition coefficient (Wildman–Crippen LogP) is -0.352. The molecule has 3 N–H and O–H groups in total. The predicted molar refractivity (Wildman–Crippen MR) is 45.3 cm³/mol. The minimum Gasteiger partial charge on any atom is -0.396 e. The number of nitrogens with two attached hydrogens (primary N) is 1. The molecule has 0 spiro atoms. The third-order valence-electron chi connectivity index (χ3n) is 2.66. The summed E-state index contributed by atoms with van der Waals surface area (Å²) in [6.45, 7) is 1.98. The number of likely N-dealkylation sites (tertiary alicyclic amines) is 1. The maximum Gasteiger partial charge on any atom is 0.0486 e. The highest BCUT2D eigenvalue weighted by Crippen LogP contribution is 2.21. The van der Waals surface area contributed by atoms with Crippen LogP contribution in [0, 0.1) is 5.92 Å². The van der Waals surface area contributed by atoms with E-state index in [0.717, 1.165) is 6.54 Å². The molecule has 0 amide bonds. The summed E-state index contributed by atoms with van der Waals surface area (Å²) >= 11 is 0. The van der Waals surface area contributed by atoms with Crippen LogP contribution < -0.4 is 5.73 Å². The molecule has 0 bridgehead atoms. The van der Waals surface area contributed by atoms with E-state index in [1.165, 1.54) is 12.8 Å². The summed E-state index contributed by atoms with van der Waals surface area (Å²) in [5.41, 5.74) is 5.54. The van der Waals surface area contributed by atoms with Gasteiger partial charge in [0.15, 0.2) is 0 Å². The zero-order chi connectivity index (χ0) is 8.27. The van der Waals surface area contributed by atoms with Crippen molar-refractivity contribution in [1.82, 2.24) is 4.90 Å². The van der Waals surface area contributed by atoms with Crippen LogP contribution in [0.5, 0.6) is 0 Å².